The maximum atomic E-state index is 12.5. The molecule has 0 unspecified atom stereocenters. The van der Waals surface area contributed by atoms with Gasteiger partial charge in [-0.05, 0) is 25.7 Å². The first-order chi connectivity index (χ1) is 11.6. The van der Waals surface area contributed by atoms with Gasteiger partial charge in [-0.15, -0.1) is 0 Å². The van der Waals surface area contributed by atoms with Gasteiger partial charge in [-0.3, -0.25) is 19.6 Å². The van der Waals surface area contributed by atoms with Crippen molar-refractivity contribution in [3.8, 4) is 0 Å². The maximum absolute atomic E-state index is 12.5. The molecule has 8 nitrogen and oxygen atoms in total. The van der Waals surface area contributed by atoms with Crippen LogP contribution in [-0.4, -0.2) is 43.8 Å². The molecule has 2 aromatic rings. The van der Waals surface area contributed by atoms with Crippen molar-refractivity contribution in [2.24, 2.45) is 0 Å². The summed E-state index contributed by atoms with van der Waals surface area (Å²) in [5.74, 6) is 0.0626. The van der Waals surface area contributed by atoms with E-state index in [0.29, 0.717) is 18.8 Å². The van der Waals surface area contributed by atoms with E-state index in [1.54, 1.807) is 11.1 Å². The molecule has 0 saturated carbocycles. The molecule has 0 aromatic carbocycles. The molecule has 3 heterocycles. The number of nitrogens with two attached hydrogens (primary N) is 1. The third-order valence-corrected chi connectivity index (χ3v) is 5.18. The molecule has 3 N–H and O–H groups in total. The molecule has 1 fully saturated rings. The minimum atomic E-state index is -0.142. The first-order valence-electron chi connectivity index (χ1n) is 8.03. The molecule has 24 heavy (non-hydrogen) atoms. The standard InChI is InChI=1S/C16H18N6O2/c17-15-20-12-10(13(23)21-15)1-2-16(12)3-7-22(8-4-16)14(24)11-9-18-5-6-19-11/h5-6,9H,1-4,7-8H2,(H3,17,20,21,23). The van der Waals surface area contributed by atoms with Crippen LogP contribution in [0.25, 0.3) is 0 Å². The summed E-state index contributed by atoms with van der Waals surface area (Å²) >= 11 is 0. The number of likely N-dealkylation sites (tertiary alicyclic amines) is 1. The normalized spacial score (nSPS) is 18.6. The number of fused-ring (bicyclic) bond motifs is 2. The molecule has 1 saturated heterocycles. The van der Waals surface area contributed by atoms with E-state index in [1.165, 1.54) is 12.4 Å². The van der Waals surface area contributed by atoms with Gasteiger partial charge in [0.25, 0.3) is 11.5 Å². The average Bonchev–Trinajstić information content (AvgIpc) is 2.94. The Morgan fingerprint density at radius 3 is 2.75 bits per heavy atom. The second-order valence-electron chi connectivity index (χ2n) is 6.44. The Kier molecular flexibility index (Phi) is 3.33. The number of rotatable bonds is 1. The van der Waals surface area contributed by atoms with Crippen LogP contribution < -0.4 is 11.3 Å². The number of aromatic nitrogens is 4. The van der Waals surface area contributed by atoms with Gasteiger partial charge in [0, 0.05) is 36.5 Å². The molecule has 1 amide bonds. The Labute approximate surface area is 138 Å². The quantitative estimate of drug-likeness (QED) is 0.776. The summed E-state index contributed by atoms with van der Waals surface area (Å²) in [5.41, 5.74) is 7.39. The van der Waals surface area contributed by atoms with Crippen LogP contribution in [0.4, 0.5) is 5.95 Å². The van der Waals surface area contributed by atoms with Gasteiger partial charge in [0.05, 0.1) is 11.9 Å². The van der Waals surface area contributed by atoms with E-state index in [1.807, 2.05) is 0 Å². The zero-order chi connectivity index (χ0) is 16.7. The fourth-order valence-electron chi connectivity index (χ4n) is 3.86. The predicted octanol–water partition coefficient (Wildman–Crippen LogP) is 0.262. The highest BCUT2D eigenvalue weighted by Crippen LogP contribution is 2.44. The van der Waals surface area contributed by atoms with Crippen molar-refractivity contribution in [3.05, 3.63) is 45.9 Å². The van der Waals surface area contributed by atoms with Gasteiger partial charge in [0.15, 0.2) is 0 Å². The van der Waals surface area contributed by atoms with Crippen LogP contribution in [0.2, 0.25) is 0 Å². The summed E-state index contributed by atoms with van der Waals surface area (Å²) in [7, 11) is 0. The Bertz CT molecular complexity index is 839. The number of hydrogen-bond donors (Lipinski definition) is 2. The topological polar surface area (TPSA) is 118 Å². The minimum Gasteiger partial charge on any atom is -0.369 e. The van der Waals surface area contributed by atoms with E-state index in [-0.39, 0.29) is 22.8 Å². The van der Waals surface area contributed by atoms with Crippen LogP contribution in [-0.2, 0) is 11.8 Å². The largest absolute Gasteiger partial charge is 0.369 e. The van der Waals surface area contributed by atoms with Crippen molar-refractivity contribution in [1.82, 2.24) is 24.8 Å². The van der Waals surface area contributed by atoms with Crippen LogP contribution in [0.15, 0.2) is 23.4 Å². The lowest BCUT2D eigenvalue weighted by Crippen LogP contribution is -2.45. The number of anilines is 1. The summed E-state index contributed by atoms with van der Waals surface area (Å²) < 4.78 is 0. The molecule has 1 aliphatic carbocycles. The Morgan fingerprint density at radius 2 is 2.04 bits per heavy atom. The van der Waals surface area contributed by atoms with Gasteiger partial charge in [-0.2, -0.15) is 0 Å². The van der Waals surface area contributed by atoms with Crippen molar-refractivity contribution in [2.75, 3.05) is 18.8 Å². The molecule has 1 aliphatic heterocycles. The van der Waals surface area contributed by atoms with Crippen LogP contribution in [0, 0.1) is 0 Å². The second-order valence-corrected chi connectivity index (χ2v) is 6.44. The number of hydrogen-bond acceptors (Lipinski definition) is 6. The highest BCUT2D eigenvalue weighted by Gasteiger charge is 2.44. The smallest absolute Gasteiger partial charge is 0.274 e. The fourth-order valence-corrected chi connectivity index (χ4v) is 3.86. The third kappa shape index (κ3) is 2.26. The summed E-state index contributed by atoms with van der Waals surface area (Å²) in [5, 5.41) is 0. The number of aromatic amines is 1. The van der Waals surface area contributed by atoms with Gasteiger partial charge >= 0.3 is 0 Å². The lowest BCUT2D eigenvalue weighted by Gasteiger charge is -2.39. The zero-order valence-corrected chi connectivity index (χ0v) is 13.2. The average molecular weight is 326 g/mol. The van der Waals surface area contributed by atoms with Crippen LogP contribution in [0.1, 0.15) is 41.0 Å². The lowest BCUT2D eigenvalue weighted by atomic mass is 9.76. The van der Waals surface area contributed by atoms with E-state index in [0.717, 1.165) is 36.9 Å². The Balaban J connectivity index is 1.56. The summed E-state index contributed by atoms with van der Waals surface area (Å²) in [4.78, 5) is 41.4. The number of H-pyrrole nitrogens is 1. The van der Waals surface area contributed by atoms with Crippen LogP contribution in [0.3, 0.4) is 0 Å². The molecule has 0 atom stereocenters. The van der Waals surface area contributed by atoms with Gasteiger partial charge in [0.2, 0.25) is 5.95 Å². The summed E-state index contributed by atoms with van der Waals surface area (Å²) in [6, 6.07) is 0. The van der Waals surface area contributed by atoms with E-state index < -0.39 is 0 Å². The highest BCUT2D eigenvalue weighted by atomic mass is 16.2. The molecule has 1 spiro atoms. The number of nitrogens with one attached hydrogen (secondary N) is 1. The predicted molar refractivity (Wildman–Crippen MR) is 86.4 cm³/mol. The molecule has 2 aliphatic rings. The molecule has 4 rings (SSSR count). The molecule has 0 radical (unpaired) electrons. The van der Waals surface area contributed by atoms with E-state index in [9.17, 15) is 9.59 Å². The molecule has 2 aromatic heterocycles. The number of piperidine rings is 1. The summed E-state index contributed by atoms with van der Waals surface area (Å²) in [6.07, 6.45) is 7.71. The third-order valence-electron chi connectivity index (χ3n) is 5.18. The first kappa shape index (κ1) is 14.8. The van der Waals surface area contributed by atoms with E-state index in [2.05, 4.69) is 19.9 Å². The fraction of sp³-hybridized carbons (Fsp3) is 0.438. The monoisotopic (exact) mass is 326 g/mol. The van der Waals surface area contributed by atoms with E-state index >= 15 is 0 Å². The van der Waals surface area contributed by atoms with Gasteiger partial charge in [-0.25, -0.2) is 9.97 Å². The summed E-state index contributed by atoms with van der Waals surface area (Å²) in [6.45, 7) is 1.23. The second kappa shape index (κ2) is 5.40. The highest BCUT2D eigenvalue weighted by molar-refractivity contribution is 5.92. The van der Waals surface area contributed by atoms with Crippen LogP contribution in [0.5, 0.6) is 0 Å². The number of amides is 1. The SMILES string of the molecule is Nc1nc2c(c(=O)[nH]1)CCC21CCN(C(=O)c2cnccn2)CC1. The van der Waals surface area contributed by atoms with E-state index in [4.69, 9.17) is 5.73 Å². The minimum absolute atomic E-state index is 0.102. The lowest BCUT2D eigenvalue weighted by molar-refractivity contribution is 0.0657. The van der Waals surface area contributed by atoms with Crippen molar-refractivity contribution < 1.29 is 4.79 Å². The van der Waals surface area contributed by atoms with Crippen molar-refractivity contribution in [2.45, 2.75) is 31.1 Å². The van der Waals surface area contributed by atoms with Crippen LogP contribution >= 0.6 is 0 Å². The maximum Gasteiger partial charge on any atom is 0.274 e. The van der Waals surface area contributed by atoms with Crippen molar-refractivity contribution in [3.63, 3.8) is 0 Å². The molecular weight excluding hydrogens is 308 g/mol. The molecular formula is C16H18N6O2. The zero-order valence-electron chi connectivity index (χ0n) is 13.2. The number of nitrogen functional groups attached to an aromatic ring is 1. The number of nitrogens with zero attached hydrogens (tertiary/aromatic N) is 4. The molecule has 8 heteroatoms. The molecule has 0 bridgehead atoms. The Hall–Kier alpha value is -2.77. The van der Waals surface area contributed by atoms with Crippen molar-refractivity contribution >= 4 is 11.9 Å². The van der Waals surface area contributed by atoms with Gasteiger partial charge < -0.3 is 10.6 Å². The van der Waals surface area contributed by atoms with Gasteiger partial charge in [-0.1, -0.05) is 0 Å². The molecule has 124 valence electrons. The first-order valence-corrected chi connectivity index (χ1v) is 8.03. The number of carbonyl (C=O) groups excluding carboxylic acids is 1. The van der Waals surface area contributed by atoms with Gasteiger partial charge in [0.1, 0.15) is 5.69 Å². The van der Waals surface area contributed by atoms with Crippen molar-refractivity contribution in [1.29, 1.82) is 0 Å². The number of carbonyl (C=O) groups is 1. The Morgan fingerprint density at radius 1 is 1.25 bits per heavy atom.